The number of hydrogen-bond acceptors (Lipinski definition) is 3. The van der Waals surface area contributed by atoms with E-state index in [1.807, 2.05) is 0 Å². The Hall–Kier alpha value is -2.11. The smallest absolute Gasteiger partial charge is 0.336 e. The van der Waals surface area contributed by atoms with Crippen molar-refractivity contribution in [2.45, 2.75) is 6.92 Å². The predicted molar refractivity (Wildman–Crippen MR) is 80.3 cm³/mol. The molecule has 0 bridgehead atoms. The minimum Gasteiger partial charge on any atom is -0.478 e. The van der Waals surface area contributed by atoms with Crippen LogP contribution < -0.4 is 5.32 Å². The number of hydrogen-bond donors (Lipinski definition) is 2. The molecule has 108 valence electrons. The van der Waals surface area contributed by atoms with Gasteiger partial charge in [-0.1, -0.05) is 29.3 Å². The van der Waals surface area contributed by atoms with Crippen molar-refractivity contribution < 1.29 is 14.7 Å². The predicted octanol–water partition coefficient (Wildman–Crippen LogP) is 3.65. The normalized spacial score (nSPS) is 10.2. The molecule has 1 heterocycles. The van der Waals surface area contributed by atoms with Crippen LogP contribution in [-0.2, 0) is 0 Å². The molecule has 0 aliphatic carbocycles. The lowest BCUT2D eigenvalue weighted by molar-refractivity contribution is 0.0695. The van der Waals surface area contributed by atoms with Crippen molar-refractivity contribution in [1.29, 1.82) is 0 Å². The first-order valence-corrected chi connectivity index (χ1v) is 6.61. The van der Waals surface area contributed by atoms with Crippen molar-refractivity contribution in [1.82, 2.24) is 4.98 Å². The summed E-state index contributed by atoms with van der Waals surface area (Å²) in [5, 5.41) is 11.8. The van der Waals surface area contributed by atoms with Crippen molar-refractivity contribution >= 4 is 40.8 Å². The van der Waals surface area contributed by atoms with Crippen molar-refractivity contribution in [2.75, 3.05) is 5.32 Å². The Morgan fingerprint density at radius 3 is 2.33 bits per heavy atom. The van der Waals surface area contributed by atoms with E-state index in [4.69, 9.17) is 28.3 Å². The molecule has 0 unspecified atom stereocenters. The minimum atomic E-state index is -1.06. The van der Waals surface area contributed by atoms with Crippen molar-refractivity contribution in [3.63, 3.8) is 0 Å². The number of anilines is 1. The fourth-order valence-electron chi connectivity index (χ4n) is 1.73. The van der Waals surface area contributed by atoms with Gasteiger partial charge in [0, 0.05) is 11.3 Å². The number of nitrogens with zero attached hydrogens (tertiary/aromatic N) is 1. The van der Waals surface area contributed by atoms with E-state index in [9.17, 15) is 9.59 Å². The van der Waals surface area contributed by atoms with Gasteiger partial charge in [0.1, 0.15) is 10.3 Å². The first-order chi connectivity index (χ1) is 9.86. The minimum absolute atomic E-state index is 0.0998. The van der Waals surface area contributed by atoms with E-state index in [0.29, 0.717) is 11.3 Å². The van der Waals surface area contributed by atoms with Gasteiger partial charge in [0.15, 0.2) is 0 Å². The molecule has 0 radical (unpaired) electrons. The number of aromatic nitrogens is 1. The molecule has 0 atom stereocenters. The van der Waals surface area contributed by atoms with Gasteiger partial charge in [-0.2, -0.15) is 0 Å². The van der Waals surface area contributed by atoms with E-state index in [-0.39, 0.29) is 21.4 Å². The summed E-state index contributed by atoms with van der Waals surface area (Å²) in [6.45, 7) is 1.68. The molecular weight excluding hydrogens is 315 g/mol. The number of carboxylic acids is 1. The monoisotopic (exact) mass is 324 g/mol. The summed E-state index contributed by atoms with van der Waals surface area (Å²) in [5.74, 6) is -1.51. The van der Waals surface area contributed by atoms with E-state index in [2.05, 4.69) is 10.3 Å². The van der Waals surface area contributed by atoms with Crippen LogP contribution in [0.1, 0.15) is 26.3 Å². The summed E-state index contributed by atoms with van der Waals surface area (Å²) in [4.78, 5) is 26.9. The first-order valence-electron chi connectivity index (χ1n) is 5.85. The van der Waals surface area contributed by atoms with Crippen LogP contribution in [0.5, 0.6) is 0 Å². The highest BCUT2D eigenvalue weighted by Gasteiger charge is 2.12. The van der Waals surface area contributed by atoms with Gasteiger partial charge in [0.25, 0.3) is 5.91 Å². The first kappa shape index (κ1) is 15.3. The number of carbonyl (C=O) groups is 2. The zero-order chi connectivity index (χ0) is 15.6. The van der Waals surface area contributed by atoms with Crippen LogP contribution in [0.25, 0.3) is 0 Å². The lowest BCUT2D eigenvalue weighted by Crippen LogP contribution is -2.13. The number of aryl methyl sites for hydroxylation is 1. The van der Waals surface area contributed by atoms with E-state index < -0.39 is 11.9 Å². The van der Waals surface area contributed by atoms with E-state index >= 15 is 0 Å². The molecule has 1 aromatic heterocycles. The fraction of sp³-hybridized carbons (Fsp3) is 0.0714. The highest BCUT2D eigenvalue weighted by atomic mass is 35.5. The summed E-state index contributed by atoms with van der Waals surface area (Å²) >= 11 is 11.5. The average Bonchev–Trinajstić information content (AvgIpc) is 2.39. The molecule has 0 spiro atoms. The van der Waals surface area contributed by atoms with Crippen molar-refractivity contribution in [3.05, 3.63) is 57.3 Å². The van der Waals surface area contributed by atoms with Gasteiger partial charge in [0.05, 0.1) is 5.56 Å². The van der Waals surface area contributed by atoms with Crippen LogP contribution in [-0.4, -0.2) is 22.0 Å². The summed E-state index contributed by atoms with van der Waals surface area (Å²) in [6, 6.07) is 7.36. The molecule has 2 N–H and O–H groups in total. The highest BCUT2D eigenvalue weighted by molar-refractivity contribution is 6.33. The second-order valence-corrected chi connectivity index (χ2v) is 5.06. The number of aromatic carboxylic acids is 1. The van der Waals surface area contributed by atoms with E-state index in [1.54, 1.807) is 19.1 Å². The number of nitrogens with one attached hydrogen (secondary N) is 1. The Labute approximate surface area is 130 Å². The summed E-state index contributed by atoms with van der Waals surface area (Å²) < 4.78 is 0. The maximum atomic E-state index is 12.1. The molecule has 2 aromatic rings. The van der Waals surface area contributed by atoms with Crippen LogP contribution >= 0.6 is 23.2 Å². The Morgan fingerprint density at radius 2 is 1.76 bits per heavy atom. The molecule has 1 amide bonds. The van der Waals surface area contributed by atoms with Gasteiger partial charge in [0.2, 0.25) is 0 Å². The Bertz CT molecular complexity index is 712. The van der Waals surface area contributed by atoms with Crippen LogP contribution in [0.4, 0.5) is 5.69 Å². The largest absolute Gasteiger partial charge is 0.478 e. The second kappa shape index (κ2) is 6.11. The molecule has 0 saturated carbocycles. The number of halogens is 2. The standard InChI is InChI=1S/C14H10Cl2N2O3/c1-7-2-3-9(6-10(7)14(20)21)17-13(19)8-4-11(15)18-12(16)5-8/h2-6H,1H3,(H,17,19)(H,20,21). The van der Waals surface area contributed by atoms with Crippen LogP contribution in [0.2, 0.25) is 10.3 Å². The fourth-order valence-corrected chi connectivity index (χ4v) is 2.19. The van der Waals surface area contributed by atoms with E-state index in [1.165, 1.54) is 18.2 Å². The zero-order valence-electron chi connectivity index (χ0n) is 10.9. The third-order valence-corrected chi connectivity index (χ3v) is 3.14. The molecule has 0 fully saturated rings. The third-order valence-electron chi connectivity index (χ3n) is 2.75. The molecule has 7 heteroatoms. The van der Waals surface area contributed by atoms with Gasteiger partial charge >= 0.3 is 5.97 Å². The number of carboxylic acid groups (broad SMARTS) is 1. The number of rotatable bonds is 3. The molecule has 1 aromatic carbocycles. The quantitative estimate of drug-likeness (QED) is 0.844. The number of pyridine rings is 1. The topological polar surface area (TPSA) is 79.3 Å². The van der Waals surface area contributed by atoms with Crippen molar-refractivity contribution in [2.24, 2.45) is 0 Å². The molecule has 5 nitrogen and oxygen atoms in total. The number of amides is 1. The molecule has 0 aliphatic rings. The van der Waals surface area contributed by atoms with Crippen LogP contribution in [0.3, 0.4) is 0 Å². The summed E-state index contributed by atoms with van der Waals surface area (Å²) in [6.07, 6.45) is 0. The van der Waals surface area contributed by atoms with Gasteiger partial charge in [-0.15, -0.1) is 0 Å². The molecule has 21 heavy (non-hydrogen) atoms. The average molecular weight is 325 g/mol. The maximum absolute atomic E-state index is 12.1. The van der Waals surface area contributed by atoms with Gasteiger partial charge in [-0.3, -0.25) is 4.79 Å². The van der Waals surface area contributed by atoms with Gasteiger partial charge < -0.3 is 10.4 Å². The van der Waals surface area contributed by atoms with Crippen molar-refractivity contribution in [3.8, 4) is 0 Å². The Balaban J connectivity index is 2.27. The highest BCUT2D eigenvalue weighted by Crippen LogP contribution is 2.18. The molecule has 0 saturated heterocycles. The third kappa shape index (κ3) is 3.71. The van der Waals surface area contributed by atoms with Crippen LogP contribution in [0.15, 0.2) is 30.3 Å². The number of carbonyl (C=O) groups excluding carboxylic acids is 1. The van der Waals surface area contributed by atoms with Crippen LogP contribution in [0, 0.1) is 6.92 Å². The Kier molecular flexibility index (Phi) is 4.45. The maximum Gasteiger partial charge on any atom is 0.336 e. The SMILES string of the molecule is Cc1ccc(NC(=O)c2cc(Cl)nc(Cl)c2)cc1C(=O)O. The summed E-state index contributed by atoms with van der Waals surface area (Å²) in [5.41, 5.74) is 1.33. The van der Waals surface area contributed by atoms with Gasteiger partial charge in [-0.05, 0) is 36.8 Å². The van der Waals surface area contributed by atoms with E-state index in [0.717, 1.165) is 0 Å². The number of benzene rings is 1. The molecule has 0 aliphatic heterocycles. The molecular formula is C14H10Cl2N2O3. The summed E-state index contributed by atoms with van der Waals surface area (Å²) in [7, 11) is 0. The Morgan fingerprint density at radius 1 is 1.14 bits per heavy atom. The zero-order valence-corrected chi connectivity index (χ0v) is 12.4. The van der Waals surface area contributed by atoms with Gasteiger partial charge in [-0.25, -0.2) is 9.78 Å². The lowest BCUT2D eigenvalue weighted by Gasteiger charge is -2.08. The molecule has 2 rings (SSSR count). The second-order valence-electron chi connectivity index (χ2n) is 4.29. The lowest BCUT2D eigenvalue weighted by atomic mass is 10.1.